The molecule has 0 spiro atoms. The second kappa shape index (κ2) is 39.5. The molecule has 0 aliphatic heterocycles. The molecule has 1 aromatic heterocycles. The predicted molar refractivity (Wildman–Crippen MR) is 370 cm³/mol. The topological polar surface area (TPSA) is 524 Å². The number of benzene rings is 4. The van der Waals surface area contributed by atoms with Crippen molar-refractivity contribution in [3.63, 3.8) is 0 Å². The van der Waals surface area contributed by atoms with E-state index in [0.29, 0.717) is 43.7 Å². The minimum Gasteiger partial charge on any atom is -0.494 e. The highest BCUT2D eigenvalue weighted by Crippen LogP contribution is 2.29. The van der Waals surface area contributed by atoms with E-state index in [2.05, 4.69) is 68.5 Å². The Labute approximate surface area is 598 Å². The summed E-state index contributed by atoms with van der Waals surface area (Å²) in [6.07, 6.45) is -3.43. The lowest BCUT2D eigenvalue weighted by molar-refractivity contribution is -0.154. The standard InChI is InChI=1S/C70H93FN14O19/c1-9-43-31-46(104-26-13-12-25-72)23-24-47(43)44-21-19-41(20-22-44)30-50(60(93)74-49(65(98)99)18-14-15-42-28-37(2)27-38(3)29-42)75-61(94)52(33-56(90)91)76-62(95)53(36-86)77-63(96)57(39(4)87)80-67(101)70(8,34-45-16-10-11-17-48(45)71)81-64(97)58(40(5)88)79-55(89)35-73-59(92)51(32-54-82-84-85-83-54)78-66(100)69(6,7)68(102)103/h10-11,16-17,19-24,27-29,31,39-40,49-53,57-58,86-88H,9,12-15,18,25-26,30,32-36,72H2,1-8H3,(H,73,92)(H,74,93)(H,75,94)(H,76,95)(H,77,96)(H,78,100)(H,79,89)(H,80,101)(H,81,97)(H,90,91)(H,98,99)(H,102,103)(H,82,83,84,85)/t39-,40-,49+,50+,51+,52+,53+,57+,58+,70+/m1/s1. The number of carboxylic acid groups (broad SMARTS) is 3. The van der Waals surface area contributed by atoms with Crippen molar-refractivity contribution in [3.05, 3.63) is 130 Å². The molecule has 1 heterocycles. The van der Waals surface area contributed by atoms with Crippen LogP contribution < -0.4 is 58.3 Å². The minimum absolute atomic E-state index is 0.0488. The summed E-state index contributed by atoms with van der Waals surface area (Å²) in [6, 6.07) is 10.4. The minimum atomic E-state index is -2.41. The van der Waals surface area contributed by atoms with Gasteiger partial charge in [0.2, 0.25) is 53.2 Å². The van der Waals surface area contributed by atoms with E-state index >= 15 is 4.39 Å². The number of halogens is 1. The highest BCUT2D eigenvalue weighted by Gasteiger charge is 2.43. The first-order valence-corrected chi connectivity index (χ1v) is 33.5. The second-order valence-electron chi connectivity index (χ2n) is 25.9. The van der Waals surface area contributed by atoms with Gasteiger partial charge in [-0.05, 0) is 145 Å². The molecule has 18 N–H and O–H groups in total. The van der Waals surface area contributed by atoms with E-state index in [1.54, 1.807) is 24.3 Å². The number of carbonyl (C=O) groups is 12. The van der Waals surface area contributed by atoms with E-state index in [1.807, 2.05) is 57.2 Å². The predicted octanol–water partition coefficient (Wildman–Crippen LogP) is -0.838. The molecule has 0 aliphatic rings. The average molecular weight is 1450 g/mol. The van der Waals surface area contributed by atoms with E-state index in [9.17, 15) is 88.2 Å². The number of amides is 9. The number of carboxylic acids is 3. The van der Waals surface area contributed by atoms with Crippen LogP contribution in [0.5, 0.6) is 5.75 Å². The van der Waals surface area contributed by atoms with Crippen molar-refractivity contribution in [2.24, 2.45) is 11.1 Å². The number of aliphatic hydroxyl groups excluding tert-OH is 3. The fraction of sp³-hybridized carbons (Fsp3) is 0.471. The smallest absolute Gasteiger partial charge is 0.326 e. The average Bonchev–Trinajstić information content (AvgIpc) is 0.954. The van der Waals surface area contributed by atoms with E-state index in [0.717, 1.165) is 86.9 Å². The first kappa shape index (κ1) is 83.8. The Morgan fingerprint density at radius 3 is 1.83 bits per heavy atom. The maximum atomic E-state index is 15.4. The Morgan fingerprint density at radius 1 is 0.635 bits per heavy atom. The number of rotatable bonds is 42. The van der Waals surface area contributed by atoms with E-state index in [1.165, 1.54) is 18.2 Å². The number of aryl methyl sites for hydroxylation is 4. The van der Waals surface area contributed by atoms with E-state index < -0.39 is 175 Å². The summed E-state index contributed by atoms with van der Waals surface area (Å²) < 4.78 is 21.4. The Bertz CT molecular complexity index is 3820. The van der Waals surface area contributed by atoms with Gasteiger partial charge in [0, 0.05) is 19.3 Å². The third kappa shape index (κ3) is 25.3. The monoisotopic (exact) mass is 1450 g/mol. The van der Waals surface area contributed by atoms with Crippen LogP contribution in [0.1, 0.15) is 113 Å². The fourth-order valence-electron chi connectivity index (χ4n) is 10.8. The van der Waals surface area contributed by atoms with Crippen LogP contribution in [0.15, 0.2) is 84.9 Å². The summed E-state index contributed by atoms with van der Waals surface area (Å²) in [5.41, 5.74) is 6.96. The number of nitrogens with zero attached hydrogens (tertiary/aromatic N) is 3. The molecule has 34 heteroatoms. The molecule has 564 valence electrons. The summed E-state index contributed by atoms with van der Waals surface area (Å²) in [7, 11) is 0. The summed E-state index contributed by atoms with van der Waals surface area (Å²) >= 11 is 0. The molecule has 4 aromatic carbocycles. The van der Waals surface area contributed by atoms with Crippen molar-refractivity contribution in [2.45, 2.75) is 180 Å². The Balaban J connectivity index is 1.36. The zero-order chi connectivity index (χ0) is 77.2. The molecule has 0 saturated heterocycles. The van der Waals surface area contributed by atoms with Crippen molar-refractivity contribution < 1.29 is 97.3 Å². The van der Waals surface area contributed by atoms with E-state index in [4.69, 9.17) is 10.5 Å². The van der Waals surface area contributed by atoms with Gasteiger partial charge >= 0.3 is 17.9 Å². The van der Waals surface area contributed by atoms with Gasteiger partial charge in [0.1, 0.15) is 64.8 Å². The molecule has 33 nitrogen and oxygen atoms in total. The van der Waals surface area contributed by atoms with Crippen molar-refractivity contribution in [2.75, 3.05) is 26.3 Å². The van der Waals surface area contributed by atoms with E-state index in [-0.39, 0.29) is 24.2 Å². The van der Waals surface area contributed by atoms with Crippen LogP contribution >= 0.6 is 0 Å². The molecular formula is C70H93FN14O19. The first-order valence-electron chi connectivity index (χ1n) is 33.5. The summed E-state index contributed by atoms with van der Waals surface area (Å²) in [4.78, 5) is 162. The SMILES string of the molecule is CCc1cc(OCCCCN)ccc1-c1ccc(C[C@H](NC(=O)[C@H](CC(=O)O)NC(=O)[C@H](CO)NC(=O)[C@@H](NC(=O)[C@](C)(Cc2ccccc2F)NC(=O)[C@@H](NC(=O)CNC(=O)[C@H](Cc2nn[nH]n2)NC(=O)C(C)(C)C(=O)O)[C@@H](C)O)[C@@H](C)O)C(=O)N[C@@H](CCCc2cc(C)cc(C)c2)C(=O)O)cc1. The maximum Gasteiger partial charge on any atom is 0.326 e. The van der Waals surface area contributed by atoms with Gasteiger partial charge in [-0.1, -0.05) is 90.0 Å². The number of H-pyrrole nitrogens is 1. The summed E-state index contributed by atoms with van der Waals surface area (Å²) in [6.45, 7) is 9.83. The number of aliphatic hydroxyl groups is 3. The highest BCUT2D eigenvalue weighted by atomic mass is 19.1. The van der Waals surface area contributed by atoms with Crippen LogP contribution in [-0.4, -0.2) is 209 Å². The summed E-state index contributed by atoms with van der Waals surface area (Å²) in [5.74, 6) is -16.1. The van der Waals surface area contributed by atoms with Crippen LogP contribution in [0.4, 0.5) is 4.39 Å². The Hall–Kier alpha value is -10.8. The largest absolute Gasteiger partial charge is 0.494 e. The number of nitrogens with one attached hydrogen (secondary N) is 10. The van der Waals surface area contributed by atoms with Gasteiger partial charge in [-0.15, -0.1) is 10.2 Å². The molecule has 5 aromatic rings. The molecule has 9 amide bonds. The van der Waals surface area contributed by atoms with Crippen LogP contribution in [0.25, 0.3) is 11.1 Å². The van der Waals surface area contributed by atoms with Gasteiger partial charge in [0.15, 0.2) is 5.82 Å². The maximum absolute atomic E-state index is 15.4. The molecular weight excluding hydrogens is 1360 g/mol. The van der Waals surface area contributed by atoms with Crippen LogP contribution in [0.2, 0.25) is 0 Å². The number of unbranched alkanes of at least 4 members (excludes halogenated alkanes) is 1. The highest BCUT2D eigenvalue weighted by molar-refractivity contribution is 6.03. The number of hydrogen-bond acceptors (Lipinski definition) is 20. The molecule has 5 rings (SSSR count). The molecule has 0 saturated carbocycles. The summed E-state index contributed by atoms with van der Waals surface area (Å²) in [5, 5.41) is 95.8. The molecule has 104 heavy (non-hydrogen) atoms. The number of aliphatic carboxylic acids is 3. The molecule has 0 bridgehead atoms. The third-order valence-corrected chi connectivity index (χ3v) is 16.8. The first-order chi connectivity index (χ1) is 49.1. The van der Waals surface area contributed by atoms with Crippen molar-refractivity contribution in [3.8, 4) is 16.9 Å². The van der Waals surface area contributed by atoms with Crippen LogP contribution in [0, 0.1) is 25.1 Å². The number of carbonyl (C=O) groups excluding carboxylic acids is 9. The number of ether oxygens (including phenoxy) is 1. The zero-order valence-electron chi connectivity index (χ0n) is 59.0. The second-order valence-corrected chi connectivity index (χ2v) is 25.9. The quantitative estimate of drug-likeness (QED) is 0.0167. The van der Waals surface area contributed by atoms with Crippen LogP contribution in [0.3, 0.4) is 0 Å². The number of nitrogens with two attached hydrogens (primary N) is 1. The fourth-order valence-corrected chi connectivity index (χ4v) is 10.8. The molecule has 0 aliphatic carbocycles. The van der Waals surface area contributed by atoms with Gasteiger partial charge in [-0.2, -0.15) is 5.21 Å². The van der Waals surface area contributed by atoms with Gasteiger partial charge in [-0.3, -0.25) is 52.7 Å². The lowest BCUT2D eigenvalue weighted by Gasteiger charge is -2.34. The number of aromatic amines is 1. The lowest BCUT2D eigenvalue weighted by atomic mass is 9.90. The molecule has 10 atom stereocenters. The molecule has 0 unspecified atom stereocenters. The number of tetrazole rings is 1. The van der Waals surface area contributed by atoms with Crippen molar-refractivity contribution >= 4 is 71.1 Å². The number of aromatic nitrogens is 4. The third-order valence-electron chi connectivity index (χ3n) is 16.8. The lowest BCUT2D eigenvalue weighted by Crippen LogP contribution is -2.67. The van der Waals surface area contributed by atoms with Gasteiger partial charge in [-0.25, -0.2) is 9.18 Å². The zero-order valence-corrected chi connectivity index (χ0v) is 59.0. The van der Waals surface area contributed by atoms with Gasteiger partial charge in [0.25, 0.3) is 0 Å². The molecule has 0 radical (unpaired) electrons. The normalized spacial score (nSPS) is 14.5. The van der Waals surface area contributed by atoms with Gasteiger partial charge in [0.05, 0.1) is 38.4 Å². The van der Waals surface area contributed by atoms with Crippen molar-refractivity contribution in [1.29, 1.82) is 0 Å². The van der Waals surface area contributed by atoms with Gasteiger partial charge < -0.3 is 89.0 Å². The molecule has 0 fully saturated rings. The van der Waals surface area contributed by atoms with Crippen LogP contribution in [-0.2, 0) is 89.6 Å². The number of hydrogen-bond donors (Lipinski definition) is 17. The Morgan fingerprint density at radius 2 is 1.24 bits per heavy atom. The Kier molecular flexibility index (Phi) is 31.9. The van der Waals surface area contributed by atoms with Crippen molar-refractivity contribution in [1.82, 2.24) is 68.5 Å².